The standard InChI is InChI=1S/C16H30N2O/c1-12-4-2-6-14(8-12)11-18-16(19)15-7-3-5-13(9-15)10-17/h12-15H,2-11,17H2,1H3,(H,18,19). The molecule has 0 radical (unpaired) electrons. The van der Waals surface area contributed by atoms with Crippen molar-refractivity contribution in [3.8, 4) is 0 Å². The van der Waals surface area contributed by atoms with E-state index >= 15 is 0 Å². The third kappa shape index (κ3) is 4.48. The van der Waals surface area contributed by atoms with Crippen molar-refractivity contribution in [2.45, 2.75) is 58.3 Å². The first-order valence-electron chi connectivity index (χ1n) is 8.16. The molecule has 4 atom stereocenters. The zero-order valence-electron chi connectivity index (χ0n) is 12.4. The van der Waals surface area contributed by atoms with Gasteiger partial charge in [-0.15, -0.1) is 0 Å². The van der Waals surface area contributed by atoms with Gasteiger partial charge in [-0.1, -0.05) is 26.2 Å². The van der Waals surface area contributed by atoms with Crippen LogP contribution in [0, 0.1) is 23.7 Å². The van der Waals surface area contributed by atoms with Crippen LogP contribution < -0.4 is 11.1 Å². The number of nitrogens with one attached hydrogen (secondary N) is 1. The van der Waals surface area contributed by atoms with E-state index in [-0.39, 0.29) is 11.8 Å². The molecule has 2 saturated carbocycles. The van der Waals surface area contributed by atoms with E-state index < -0.39 is 0 Å². The van der Waals surface area contributed by atoms with Gasteiger partial charge in [0, 0.05) is 12.5 Å². The molecule has 0 saturated heterocycles. The van der Waals surface area contributed by atoms with Crippen molar-refractivity contribution < 1.29 is 4.79 Å². The number of hydrogen-bond donors (Lipinski definition) is 2. The van der Waals surface area contributed by atoms with Gasteiger partial charge in [-0.2, -0.15) is 0 Å². The quantitative estimate of drug-likeness (QED) is 0.822. The minimum absolute atomic E-state index is 0.225. The Morgan fingerprint density at radius 1 is 1.11 bits per heavy atom. The maximum Gasteiger partial charge on any atom is 0.223 e. The maximum absolute atomic E-state index is 12.2. The van der Waals surface area contributed by atoms with Crippen LogP contribution in [-0.4, -0.2) is 19.0 Å². The lowest BCUT2D eigenvalue weighted by Gasteiger charge is -2.30. The minimum atomic E-state index is 0.225. The van der Waals surface area contributed by atoms with Crippen LogP contribution in [0.5, 0.6) is 0 Å². The van der Waals surface area contributed by atoms with Crippen LogP contribution in [0.4, 0.5) is 0 Å². The highest BCUT2D eigenvalue weighted by atomic mass is 16.1. The van der Waals surface area contributed by atoms with Crippen molar-refractivity contribution in [2.24, 2.45) is 29.4 Å². The molecule has 0 aromatic carbocycles. The molecule has 0 spiro atoms. The van der Waals surface area contributed by atoms with Crippen LogP contribution in [0.3, 0.4) is 0 Å². The summed E-state index contributed by atoms with van der Waals surface area (Å²) < 4.78 is 0. The number of carbonyl (C=O) groups is 1. The fourth-order valence-corrected chi connectivity index (χ4v) is 3.88. The number of amides is 1. The van der Waals surface area contributed by atoms with E-state index in [4.69, 9.17) is 5.73 Å². The summed E-state index contributed by atoms with van der Waals surface area (Å²) in [4.78, 5) is 12.2. The Labute approximate surface area is 117 Å². The number of rotatable bonds is 4. The van der Waals surface area contributed by atoms with Gasteiger partial charge >= 0.3 is 0 Å². The predicted octanol–water partition coefficient (Wildman–Crippen LogP) is 2.69. The zero-order valence-corrected chi connectivity index (χ0v) is 12.4. The first kappa shape index (κ1) is 14.8. The minimum Gasteiger partial charge on any atom is -0.356 e. The summed E-state index contributed by atoms with van der Waals surface area (Å²) in [5.74, 6) is 2.63. The summed E-state index contributed by atoms with van der Waals surface area (Å²) in [7, 11) is 0. The van der Waals surface area contributed by atoms with E-state index in [9.17, 15) is 4.79 Å². The van der Waals surface area contributed by atoms with E-state index in [2.05, 4.69) is 12.2 Å². The Bertz CT molecular complexity index is 292. The van der Waals surface area contributed by atoms with Crippen molar-refractivity contribution in [1.82, 2.24) is 5.32 Å². The van der Waals surface area contributed by atoms with Crippen molar-refractivity contribution >= 4 is 5.91 Å². The van der Waals surface area contributed by atoms with Crippen LogP contribution in [0.25, 0.3) is 0 Å². The second kappa shape index (κ2) is 7.28. The van der Waals surface area contributed by atoms with Crippen LogP contribution in [-0.2, 0) is 4.79 Å². The van der Waals surface area contributed by atoms with Gasteiger partial charge in [0.05, 0.1) is 0 Å². The Morgan fingerprint density at radius 2 is 1.84 bits per heavy atom. The van der Waals surface area contributed by atoms with Crippen molar-refractivity contribution in [3.05, 3.63) is 0 Å². The average molecular weight is 266 g/mol. The first-order valence-corrected chi connectivity index (χ1v) is 8.16. The fourth-order valence-electron chi connectivity index (χ4n) is 3.88. The molecular weight excluding hydrogens is 236 g/mol. The van der Waals surface area contributed by atoms with E-state index in [1.165, 1.54) is 38.5 Å². The molecule has 0 aromatic heterocycles. The van der Waals surface area contributed by atoms with Gasteiger partial charge in [-0.3, -0.25) is 4.79 Å². The second-order valence-electron chi connectivity index (χ2n) is 6.85. The molecule has 0 aliphatic heterocycles. The van der Waals surface area contributed by atoms with Crippen LogP contribution in [0.1, 0.15) is 58.3 Å². The molecule has 2 aliphatic carbocycles. The van der Waals surface area contributed by atoms with Crippen molar-refractivity contribution in [1.29, 1.82) is 0 Å². The predicted molar refractivity (Wildman–Crippen MR) is 78.6 cm³/mol. The molecule has 2 aliphatic rings. The molecule has 2 rings (SSSR count). The van der Waals surface area contributed by atoms with Gasteiger partial charge in [0.1, 0.15) is 0 Å². The fraction of sp³-hybridized carbons (Fsp3) is 0.938. The topological polar surface area (TPSA) is 55.1 Å². The summed E-state index contributed by atoms with van der Waals surface area (Å²) in [6, 6.07) is 0. The molecule has 19 heavy (non-hydrogen) atoms. The number of nitrogens with two attached hydrogens (primary N) is 1. The number of hydrogen-bond acceptors (Lipinski definition) is 2. The first-order chi connectivity index (χ1) is 9.19. The molecule has 0 heterocycles. The summed E-state index contributed by atoms with van der Waals surface area (Å²) in [5.41, 5.74) is 5.74. The lowest BCUT2D eigenvalue weighted by Crippen LogP contribution is -2.38. The third-order valence-electron chi connectivity index (χ3n) is 5.10. The van der Waals surface area contributed by atoms with Gasteiger partial charge in [-0.05, 0) is 56.4 Å². The maximum atomic E-state index is 12.2. The Kier molecular flexibility index (Phi) is 5.68. The lowest BCUT2D eigenvalue weighted by molar-refractivity contribution is -0.126. The molecule has 110 valence electrons. The van der Waals surface area contributed by atoms with Gasteiger partial charge < -0.3 is 11.1 Å². The smallest absolute Gasteiger partial charge is 0.223 e. The molecule has 0 bridgehead atoms. The van der Waals surface area contributed by atoms with Crippen molar-refractivity contribution in [3.63, 3.8) is 0 Å². The Balaban J connectivity index is 1.71. The second-order valence-corrected chi connectivity index (χ2v) is 6.85. The highest BCUT2D eigenvalue weighted by Gasteiger charge is 2.27. The van der Waals surface area contributed by atoms with Gasteiger partial charge in [0.2, 0.25) is 5.91 Å². The monoisotopic (exact) mass is 266 g/mol. The molecule has 4 unspecified atom stereocenters. The molecular formula is C16H30N2O. The highest BCUT2D eigenvalue weighted by Crippen LogP contribution is 2.30. The van der Waals surface area contributed by atoms with Gasteiger partial charge in [0.15, 0.2) is 0 Å². The van der Waals surface area contributed by atoms with Crippen LogP contribution >= 0.6 is 0 Å². The molecule has 1 amide bonds. The highest BCUT2D eigenvalue weighted by molar-refractivity contribution is 5.78. The molecule has 2 fully saturated rings. The van der Waals surface area contributed by atoms with E-state index in [0.29, 0.717) is 11.8 Å². The molecule has 3 heteroatoms. The molecule has 3 N–H and O–H groups in total. The van der Waals surface area contributed by atoms with Crippen molar-refractivity contribution in [2.75, 3.05) is 13.1 Å². The van der Waals surface area contributed by atoms with Gasteiger partial charge in [0.25, 0.3) is 0 Å². The third-order valence-corrected chi connectivity index (χ3v) is 5.10. The average Bonchev–Trinajstić information content (AvgIpc) is 2.45. The van der Waals surface area contributed by atoms with Crippen LogP contribution in [0.2, 0.25) is 0 Å². The summed E-state index contributed by atoms with van der Waals surface area (Å²) in [6.45, 7) is 3.97. The van der Waals surface area contributed by atoms with Crippen LogP contribution in [0.15, 0.2) is 0 Å². The van der Waals surface area contributed by atoms with E-state index in [0.717, 1.165) is 31.8 Å². The largest absolute Gasteiger partial charge is 0.356 e. The molecule has 3 nitrogen and oxygen atoms in total. The molecule has 0 aromatic rings. The normalized spacial score (nSPS) is 35.9. The summed E-state index contributed by atoms with van der Waals surface area (Å²) in [6.07, 6.45) is 9.72. The Hall–Kier alpha value is -0.570. The Morgan fingerprint density at radius 3 is 2.58 bits per heavy atom. The lowest BCUT2D eigenvalue weighted by atomic mass is 9.80. The van der Waals surface area contributed by atoms with E-state index in [1.54, 1.807) is 0 Å². The summed E-state index contributed by atoms with van der Waals surface area (Å²) >= 11 is 0. The summed E-state index contributed by atoms with van der Waals surface area (Å²) in [5, 5.41) is 3.21. The van der Waals surface area contributed by atoms with Gasteiger partial charge in [-0.25, -0.2) is 0 Å². The number of carbonyl (C=O) groups excluding carboxylic acids is 1. The SMILES string of the molecule is CC1CCCC(CNC(=O)C2CCCC(CN)C2)C1. The zero-order chi connectivity index (χ0) is 13.7. The van der Waals surface area contributed by atoms with E-state index in [1.807, 2.05) is 0 Å².